The van der Waals surface area contributed by atoms with Gasteiger partial charge < -0.3 is 5.32 Å². The van der Waals surface area contributed by atoms with Crippen LogP contribution < -0.4 is 5.32 Å². The minimum absolute atomic E-state index is 0.0307. The summed E-state index contributed by atoms with van der Waals surface area (Å²) >= 11 is 6.04. The first-order valence-electron chi connectivity index (χ1n) is 6.94. The van der Waals surface area contributed by atoms with Crippen molar-refractivity contribution >= 4 is 17.5 Å². The first-order chi connectivity index (χ1) is 9.06. The van der Waals surface area contributed by atoms with Crippen molar-refractivity contribution in [2.75, 3.05) is 12.4 Å². The molecular formula is C16H24ClNO. The minimum Gasteiger partial charge on any atom is -0.355 e. The van der Waals surface area contributed by atoms with Crippen LogP contribution in [0, 0.1) is 12.3 Å². The van der Waals surface area contributed by atoms with E-state index in [1.165, 1.54) is 0 Å². The molecule has 0 saturated carbocycles. The second kappa shape index (κ2) is 7.54. The second-order valence-electron chi connectivity index (χ2n) is 5.22. The molecule has 106 valence electrons. The van der Waals surface area contributed by atoms with Gasteiger partial charge in [-0.25, -0.2) is 0 Å². The molecule has 1 N–H and O–H groups in total. The molecule has 19 heavy (non-hydrogen) atoms. The Kier molecular flexibility index (Phi) is 6.36. The molecule has 0 spiro atoms. The number of hydrogen-bond donors (Lipinski definition) is 1. The number of halogens is 1. The molecule has 0 saturated heterocycles. The second-order valence-corrected chi connectivity index (χ2v) is 5.49. The Morgan fingerprint density at radius 3 is 2.42 bits per heavy atom. The van der Waals surface area contributed by atoms with E-state index in [4.69, 9.17) is 11.6 Å². The number of aryl methyl sites for hydroxylation is 1. The van der Waals surface area contributed by atoms with Gasteiger partial charge in [0.1, 0.15) is 0 Å². The Bertz CT molecular complexity index is 405. The fourth-order valence-corrected chi connectivity index (χ4v) is 2.54. The first kappa shape index (κ1) is 16.0. The molecule has 2 nitrogen and oxygen atoms in total. The van der Waals surface area contributed by atoms with E-state index in [1.54, 1.807) is 0 Å². The van der Waals surface area contributed by atoms with Gasteiger partial charge in [0.05, 0.1) is 6.42 Å². The Morgan fingerprint density at radius 1 is 1.26 bits per heavy atom. The van der Waals surface area contributed by atoms with Crippen LogP contribution in [0.1, 0.15) is 37.8 Å². The zero-order valence-corrected chi connectivity index (χ0v) is 12.9. The Balaban J connectivity index is 2.55. The highest BCUT2D eigenvalue weighted by atomic mass is 35.5. The molecule has 1 amide bonds. The number of carbonyl (C=O) groups is 1. The van der Waals surface area contributed by atoms with Crippen molar-refractivity contribution in [1.82, 2.24) is 5.32 Å². The highest BCUT2D eigenvalue weighted by molar-refractivity contribution is 6.18. The minimum atomic E-state index is 0.0307. The maximum atomic E-state index is 12.0. The van der Waals surface area contributed by atoms with Crippen molar-refractivity contribution in [2.45, 2.75) is 40.0 Å². The third-order valence-electron chi connectivity index (χ3n) is 4.06. The van der Waals surface area contributed by atoms with E-state index in [0.29, 0.717) is 18.8 Å². The molecule has 0 heterocycles. The van der Waals surface area contributed by atoms with Crippen LogP contribution >= 0.6 is 11.6 Å². The Morgan fingerprint density at radius 2 is 1.89 bits per heavy atom. The van der Waals surface area contributed by atoms with Crippen LogP contribution in [0.25, 0.3) is 0 Å². The van der Waals surface area contributed by atoms with Crippen molar-refractivity contribution in [1.29, 1.82) is 0 Å². The van der Waals surface area contributed by atoms with E-state index in [9.17, 15) is 4.79 Å². The molecule has 0 aliphatic carbocycles. The van der Waals surface area contributed by atoms with Crippen molar-refractivity contribution in [2.24, 2.45) is 5.41 Å². The van der Waals surface area contributed by atoms with Crippen LogP contribution in [0.4, 0.5) is 0 Å². The van der Waals surface area contributed by atoms with Gasteiger partial charge in [0, 0.05) is 17.8 Å². The fourth-order valence-electron chi connectivity index (χ4n) is 2.07. The summed E-state index contributed by atoms with van der Waals surface area (Å²) in [4.78, 5) is 12.0. The summed E-state index contributed by atoms with van der Waals surface area (Å²) in [7, 11) is 0. The lowest BCUT2D eigenvalue weighted by Crippen LogP contribution is -2.38. The average Bonchev–Trinajstić information content (AvgIpc) is 2.44. The van der Waals surface area contributed by atoms with Gasteiger partial charge in [-0.15, -0.1) is 11.6 Å². The molecule has 0 radical (unpaired) electrons. The van der Waals surface area contributed by atoms with Gasteiger partial charge in [0.25, 0.3) is 0 Å². The van der Waals surface area contributed by atoms with Crippen molar-refractivity contribution in [3.05, 3.63) is 35.4 Å². The quantitative estimate of drug-likeness (QED) is 0.759. The number of benzene rings is 1. The van der Waals surface area contributed by atoms with Crippen LogP contribution in [0.3, 0.4) is 0 Å². The fraction of sp³-hybridized carbons (Fsp3) is 0.562. The van der Waals surface area contributed by atoms with E-state index < -0.39 is 0 Å². The third kappa shape index (κ3) is 4.54. The van der Waals surface area contributed by atoms with Gasteiger partial charge in [-0.2, -0.15) is 0 Å². The van der Waals surface area contributed by atoms with E-state index in [-0.39, 0.29) is 11.3 Å². The molecule has 1 aromatic rings. The van der Waals surface area contributed by atoms with Crippen LogP contribution in [0.5, 0.6) is 0 Å². The first-order valence-corrected chi connectivity index (χ1v) is 7.47. The molecule has 0 unspecified atom stereocenters. The van der Waals surface area contributed by atoms with E-state index in [2.05, 4.69) is 19.2 Å². The van der Waals surface area contributed by atoms with Gasteiger partial charge in [-0.05, 0) is 30.9 Å². The summed E-state index contributed by atoms with van der Waals surface area (Å²) in [5, 5.41) is 3.03. The zero-order chi connectivity index (χ0) is 14.3. The lowest BCUT2D eigenvalue weighted by molar-refractivity contribution is -0.120. The predicted molar refractivity (Wildman–Crippen MR) is 81.6 cm³/mol. The van der Waals surface area contributed by atoms with Crippen molar-refractivity contribution < 1.29 is 4.79 Å². The maximum Gasteiger partial charge on any atom is 0.224 e. The van der Waals surface area contributed by atoms with Crippen molar-refractivity contribution in [3.8, 4) is 0 Å². The summed E-state index contributed by atoms with van der Waals surface area (Å²) in [6.07, 6.45) is 2.41. The highest BCUT2D eigenvalue weighted by Gasteiger charge is 2.25. The van der Waals surface area contributed by atoms with E-state index in [0.717, 1.165) is 24.0 Å². The zero-order valence-electron chi connectivity index (χ0n) is 12.1. The third-order valence-corrected chi connectivity index (χ3v) is 4.62. The number of amides is 1. The molecule has 0 aliphatic rings. The molecule has 0 atom stereocenters. The molecule has 1 rings (SSSR count). The number of nitrogens with one attached hydrogen (secondary N) is 1. The molecule has 0 fully saturated rings. The van der Waals surface area contributed by atoms with Gasteiger partial charge in [0.2, 0.25) is 5.91 Å². The van der Waals surface area contributed by atoms with Crippen LogP contribution in [-0.4, -0.2) is 18.3 Å². The van der Waals surface area contributed by atoms with Gasteiger partial charge in [0.15, 0.2) is 0 Å². The monoisotopic (exact) mass is 281 g/mol. The van der Waals surface area contributed by atoms with Crippen molar-refractivity contribution in [3.63, 3.8) is 0 Å². The number of hydrogen-bond acceptors (Lipinski definition) is 1. The summed E-state index contributed by atoms with van der Waals surface area (Å²) in [6, 6.07) is 7.99. The molecule has 0 aliphatic heterocycles. The standard InChI is InChI=1S/C16H24ClNO/c1-4-16(5-2,11-17)12-18-15(19)10-14-9-7-6-8-13(14)3/h6-9H,4-5,10-12H2,1-3H3,(H,18,19). The number of rotatable bonds is 7. The Labute approximate surface area is 121 Å². The van der Waals surface area contributed by atoms with Gasteiger partial charge in [-0.1, -0.05) is 38.1 Å². The van der Waals surface area contributed by atoms with E-state index in [1.807, 2.05) is 31.2 Å². The maximum absolute atomic E-state index is 12.0. The molecule has 1 aromatic carbocycles. The largest absolute Gasteiger partial charge is 0.355 e. The molecular weight excluding hydrogens is 258 g/mol. The lowest BCUT2D eigenvalue weighted by Gasteiger charge is -2.29. The topological polar surface area (TPSA) is 29.1 Å². The summed E-state index contributed by atoms with van der Waals surface area (Å²) < 4.78 is 0. The molecule has 0 aromatic heterocycles. The SMILES string of the molecule is CCC(CC)(CCl)CNC(=O)Cc1ccccc1C. The number of carbonyl (C=O) groups excluding carboxylic acids is 1. The lowest BCUT2D eigenvalue weighted by atomic mass is 9.84. The number of alkyl halides is 1. The molecule has 0 bridgehead atoms. The van der Waals surface area contributed by atoms with Crippen LogP contribution in [0.2, 0.25) is 0 Å². The van der Waals surface area contributed by atoms with Crippen LogP contribution in [0.15, 0.2) is 24.3 Å². The Hall–Kier alpha value is -1.02. The normalized spacial score (nSPS) is 11.4. The van der Waals surface area contributed by atoms with Gasteiger partial charge >= 0.3 is 0 Å². The van der Waals surface area contributed by atoms with Gasteiger partial charge in [-0.3, -0.25) is 4.79 Å². The summed E-state index contributed by atoms with van der Waals surface area (Å²) in [5.41, 5.74) is 2.28. The van der Waals surface area contributed by atoms with Crippen LogP contribution in [-0.2, 0) is 11.2 Å². The predicted octanol–water partition coefficient (Wildman–Crippen LogP) is 3.70. The molecule has 3 heteroatoms. The smallest absolute Gasteiger partial charge is 0.224 e. The average molecular weight is 282 g/mol. The highest BCUT2D eigenvalue weighted by Crippen LogP contribution is 2.26. The summed E-state index contributed by atoms with van der Waals surface area (Å²) in [5.74, 6) is 0.663. The summed E-state index contributed by atoms with van der Waals surface area (Å²) in [6.45, 7) is 6.94. The van der Waals surface area contributed by atoms with E-state index >= 15 is 0 Å².